The number of hydrogen-bond donors (Lipinski definition) is 1. The highest BCUT2D eigenvalue weighted by Gasteiger charge is 2.18. The quantitative estimate of drug-likeness (QED) is 0.664. The van der Waals surface area contributed by atoms with Crippen LogP contribution < -0.4 is 10.2 Å². The topological polar surface area (TPSA) is 58.4 Å². The number of nitro benzene ring substituents is 1. The minimum Gasteiger partial charge on any atom is -0.371 e. The molecule has 0 aromatic heterocycles. The first-order chi connectivity index (χ1) is 9.60. The molecule has 110 valence electrons. The molecule has 1 aromatic carbocycles. The summed E-state index contributed by atoms with van der Waals surface area (Å²) in [4.78, 5) is 12.9. The van der Waals surface area contributed by atoms with Crippen LogP contribution in [0.2, 0.25) is 0 Å². The molecule has 1 aromatic rings. The molecule has 1 aliphatic rings. The van der Waals surface area contributed by atoms with Crippen LogP contribution in [0.5, 0.6) is 0 Å². The third-order valence-electron chi connectivity index (χ3n) is 3.88. The molecule has 1 heterocycles. The fraction of sp³-hybridized carbons (Fsp3) is 0.600. The number of hydrogen-bond acceptors (Lipinski definition) is 4. The highest BCUT2D eigenvalue weighted by molar-refractivity contribution is 5.55. The van der Waals surface area contributed by atoms with Gasteiger partial charge in [-0.3, -0.25) is 10.1 Å². The molecule has 5 heteroatoms. The smallest absolute Gasteiger partial charge is 0.271 e. The standard InChI is InChI=1S/C15H23N3O2/c1-3-17(11-13-5-4-6-16-10-13)14-7-12(2)8-15(9-14)18(19)20/h7-9,13,16H,3-6,10-11H2,1-2H3. The summed E-state index contributed by atoms with van der Waals surface area (Å²) in [5, 5.41) is 14.4. The summed E-state index contributed by atoms with van der Waals surface area (Å²) in [6.07, 6.45) is 2.45. The van der Waals surface area contributed by atoms with Crippen molar-refractivity contribution in [3.8, 4) is 0 Å². The zero-order valence-corrected chi connectivity index (χ0v) is 12.3. The SMILES string of the molecule is CCN(CC1CCCNC1)c1cc(C)cc([N+](=O)[O-])c1. The van der Waals surface area contributed by atoms with E-state index in [2.05, 4.69) is 17.1 Å². The van der Waals surface area contributed by atoms with Gasteiger partial charge in [-0.1, -0.05) is 0 Å². The van der Waals surface area contributed by atoms with Gasteiger partial charge in [0.05, 0.1) is 4.92 Å². The summed E-state index contributed by atoms with van der Waals surface area (Å²) in [7, 11) is 0. The predicted octanol–water partition coefficient (Wildman–Crippen LogP) is 2.73. The van der Waals surface area contributed by atoms with Crippen LogP contribution in [0.3, 0.4) is 0 Å². The maximum absolute atomic E-state index is 11.0. The van der Waals surface area contributed by atoms with Gasteiger partial charge in [0.15, 0.2) is 0 Å². The predicted molar refractivity (Wildman–Crippen MR) is 81.3 cm³/mol. The Bertz CT molecular complexity index is 470. The van der Waals surface area contributed by atoms with Crippen LogP contribution in [-0.2, 0) is 0 Å². The van der Waals surface area contributed by atoms with Crippen molar-refractivity contribution in [3.05, 3.63) is 33.9 Å². The minimum absolute atomic E-state index is 0.181. The Hall–Kier alpha value is -1.62. The van der Waals surface area contributed by atoms with Gasteiger partial charge < -0.3 is 10.2 Å². The van der Waals surface area contributed by atoms with Crippen LogP contribution in [0.1, 0.15) is 25.3 Å². The third-order valence-corrected chi connectivity index (χ3v) is 3.88. The molecular weight excluding hydrogens is 254 g/mol. The maximum Gasteiger partial charge on any atom is 0.271 e. The molecule has 0 radical (unpaired) electrons. The van der Waals surface area contributed by atoms with Crippen LogP contribution in [0.25, 0.3) is 0 Å². The average Bonchev–Trinajstić information content (AvgIpc) is 2.45. The number of benzene rings is 1. The van der Waals surface area contributed by atoms with Gasteiger partial charge in [0.2, 0.25) is 0 Å². The molecule has 0 bridgehead atoms. The molecule has 2 rings (SSSR count). The molecule has 1 fully saturated rings. The lowest BCUT2D eigenvalue weighted by Crippen LogP contribution is -2.38. The van der Waals surface area contributed by atoms with Crippen LogP contribution in [-0.4, -0.2) is 31.1 Å². The number of aryl methyl sites for hydroxylation is 1. The van der Waals surface area contributed by atoms with Crippen LogP contribution in [0.4, 0.5) is 11.4 Å². The summed E-state index contributed by atoms with van der Waals surface area (Å²) in [5.74, 6) is 0.628. The van der Waals surface area contributed by atoms with Gasteiger partial charge in [0.25, 0.3) is 5.69 Å². The second-order valence-electron chi connectivity index (χ2n) is 5.53. The van der Waals surface area contributed by atoms with Crippen molar-refractivity contribution >= 4 is 11.4 Å². The highest BCUT2D eigenvalue weighted by atomic mass is 16.6. The number of nitrogens with one attached hydrogen (secondary N) is 1. The van der Waals surface area contributed by atoms with Crippen LogP contribution in [0.15, 0.2) is 18.2 Å². The van der Waals surface area contributed by atoms with E-state index in [1.165, 1.54) is 12.8 Å². The van der Waals surface area contributed by atoms with Crippen LogP contribution in [0, 0.1) is 23.0 Å². The van der Waals surface area contributed by atoms with E-state index in [0.29, 0.717) is 5.92 Å². The largest absolute Gasteiger partial charge is 0.371 e. The number of nitrogens with zero attached hydrogens (tertiary/aromatic N) is 2. The second-order valence-corrected chi connectivity index (χ2v) is 5.53. The van der Waals surface area contributed by atoms with Crippen molar-refractivity contribution in [1.82, 2.24) is 5.32 Å². The Morgan fingerprint density at radius 3 is 2.85 bits per heavy atom. The first kappa shape index (κ1) is 14.8. The molecule has 5 nitrogen and oxygen atoms in total. The molecule has 0 aliphatic carbocycles. The average molecular weight is 277 g/mol. The van der Waals surface area contributed by atoms with E-state index in [4.69, 9.17) is 0 Å². The summed E-state index contributed by atoms with van der Waals surface area (Å²) in [5.41, 5.74) is 2.08. The van der Waals surface area contributed by atoms with Crippen molar-refractivity contribution in [2.75, 3.05) is 31.1 Å². The zero-order chi connectivity index (χ0) is 14.5. The Balaban J connectivity index is 2.15. The van der Waals surface area contributed by atoms with E-state index in [0.717, 1.165) is 37.4 Å². The molecular formula is C15H23N3O2. The molecule has 20 heavy (non-hydrogen) atoms. The number of nitro groups is 1. The fourth-order valence-electron chi connectivity index (χ4n) is 2.84. The maximum atomic E-state index is 11.0. The monoisotopic (exact) mass is 277 g/mol. The number of piperidine rings is 1. The molecule has 1 unspecified atom stereocenters. The van der Waals surface area contributed by atoms with E-state index in [-0.39, 0.29) is 10.6 Å². The fourth-order valence-corrected chi connectivity index (χ4v) is 2.84. The summed E-state index contributed by atoms with van der Waals surface area (Å²) in [6.45, 7) is 8.00. The van der Waals surface area contributed by atoms with Crippen molar-refractivity contribution in [3.63, 3.8) is 0 Å². The Morgan fingerprint density at radius 2 is 2.25 bits per heavy atom. The lowest BCUT2D eigenvalue weighted by Gasteiger charge is -2.31. The molecule has 1 atom stereocenters. The van der Waals surface area contributed by atoms with Crippen LogP contribution >= 0.6 is 0 Å². The van der Waals surface area contributed by atoms with Crippen molar-refractivity contribution in [2.45, 2.75) is 26.7 Å². The van der Waals surface area contributed by atoms with Crippen molar-refractivity contribution < 1.29 is 4.92 Å². The summed E-state index contributed by atoms with van der Waals surface area (Å²) in [6, 6.07) is 5.35. The molecule has 0 amide bonds. The van der Waals surface area contributed by atoms with E-state index < -0.39 is 0 Å². The number of anilines is 1. The van der Waals surface area contributed by atoms with Gasteiger partial charge in [-0.05, 0) is 57.3 Å². The van der Waals surface area contributed by atoms with Gasteiger partial charge in [0, 0.05) is 30.9 Å². The van der Waals surface area contributed by atoms with E-state index in [1.807, 2.05) is 13.0 Å². The molecule has 0 spiro atoms. The van der Waals surface area contributed by atoms with Crippen molar-refractivity contribution in [1.29, 1.82) is 0 Å². The highest BCUT2D eigenvalue weighted by Crippen LogP contribution is 2.25. The minimum atomic E-state index is -0.313. The third kappa shape index (κ3) is 3.70. The van der Waals surface area contributed by atoms with E-state index in [1.54, 1.807) is 12.1 Å². The van der Waals surface area contributed by atoms with Crippen molar-refractivity contribution in [2.24, 2.45) is 5.92 Å². The zero-order valence-electron chi connectivity index (χ0n) is 12.3. The lowest BCUT2D eigenvalue weighted by molar-refractivity contribution is -0.384. The van der Waals surface area contributed by atoms with Gasteiger partial charge in [0.1, 0.15) is 0 Å². The Kier molecular flexibility index (Phi) is 4.95. The molecule has 1 saturated heterocycles. The van der Waals surface area contributed by atoms with Gasteiger partial charge in [-0.25, -0.2) is 0 Å². The first-order valence-electron chi connectivity index (χ1n) is 7.32. The van der Waals surface area contributed by atoms with E-state index >= 15 is 0 Å². The van der Waals surface area contributed by atoms with Gasteiger partial charge in [-0.2, -0.15) is 0 Å². The Morgan fingerprint density at radius 1 is 1.45 bits per heavy atom. The molecule has 1 N–H and O–H groups in total. The second kappa shape index (κ2) is 6.70. The number of rotatable bonds is 5. The molecule has 0 saturated carbocycles. The lowest BCUT2D eigenvalue weighted by atomic mass is 9.98. The van der Waals surface area contributed by atoms with Gasteiger partial charge in [-0.15, -0.1) is 0 Å². The van der Waals surface area contributed by atoms with E-state index in [9.17, 15) is 10.1 Å². The summed E-state index contributed by atoms with van der Waals surface area (Å²) >= 11 is 0. The molecule has 1 aliphatic heterocycles. The normalized spacial score (nSPS) is 18.8. The van der Waals surface area contributed by atoms with Gasteiger partial charge >= 0.3 is 0 Å². The summed E-state index contributed by atoms with van der Waals surface area (Å²) < 4.78 is 0. The first-order valence-corrected chi connectivity index (χ1v) is 7.32. The number of non-ortho nitro benzene ring substituents is 1. The Labute approximate surface area is 120 Å².